The molecule has 0 radical (unpaired) electrons. The number of rotatable bonds is 8. The number of non-ortho nitro benzene ring substituents is 1. The van der Waals surface area contributed by atoms with Crippen LogP contribution in [0.4, 0.5) is 17.1 Å². The van der Waals surface area contributed by atoms with Crippen LogP contribution in [0.2, 0.25) is 0 Å². The fourth-order valence-electron chi connectivity index (χ4n) is 2.30. The number of nitro benzene ring substituents is 1. The number of ketones is 1. The van der Waals surface area contributed by atoms with Gasteiger partial charge in [0.25, 0.3) is 21.7 Å². The van der Waals surface area contributed by atoms with E-state index >= 15 is 0 Å². The first kappa shape index (κ1) is 22.6. The van der Waals surface area contributed by atoms with E-state index in [1.54, 1.807) is 0 Å². The zero-order valence-electron chi connectivity index (χ0n) is 15.7. The Labute approximate surface area is 170 Å². The van der Waals surface area contributed by atoms with Crippen molar-refractivity contribution in [3.63, 3.8) is 0 Å². The maximum Gasteiger partial charge on any atom is 0.296 e. The van der Waals surface area contributed by atoms with E-state index in [0.29, 0.717) is 0 Å². The van der Waals surface area contributed by atoms with Crippen LogP contribution < -0.4 is 10.1 Å². The van der Waals surface area contributed by atoms with Gasteiger partial charge in [-0.05, 0) is 25.1 Å². The van der Waals surface area contributed by atoms with Crippen molar-refractivity contribution in [3.05, 3.63) is 52.6 Å². The van der Waals surface area contributed by atoms with Gasteiger partial charge in [0.05, 0.1) is 23.8 Å². The van der Waals surface area contributed by atoms with Gasteiger partial charge in [-0.15, -0.1) is 0 Å². The molecule has 0 spiro atoms. The molecule has 0 fully saturated rings. The summed E-state index contributed by atoms with van der Waals surface area (Å²) in [6.07, 6.45) is 0. The molecule has 30 heavy (non-hydrogen) atoms. The Hall–Kier alpha value is -3.71. The average molecular weight is 436 g/mol. The average Bonchev–Trinajstić information content (AvgIpc) is 2.67. The van der Waals surface area contributed by atoms with E-state index in [2.05, 4.69) is 15.5 Å². The number of benzene rings is 2. The van der Waals surface area contributed by atoms with Crippen molar-refractivity contribution in [1.29, 1.82) is 0 Å². The molecule has 2 rings (SSSR count). The number of carbonyl (C=O) groups is 2. The summed E-state index contributed by atoms with van der Waals surface area (Å²) in [4.78, 5) is 34.0. The van der Waals surface area contributed by atoms with E-state index in [9.17, 15) is 32.7 Å². The number of para-hydroxylation sites is 1. The second-order valence-electron chi connectivity index (χ2n) is 5.80. The SMILES string of the molecule is COc1cc([N+](=O)[O-])ccc1N=NC(C(C)=O)C(=O)Nc1ccccc1S(=O)(=O)O. The predicted octanol–water partition coefficient (Wildman–Crippen LogP) is 2.53. The quantitative estimate of drug-likeness (QED) is 0.208. The second-order valence-corrected chi connectivity index (χ2v) is 7.19. The molecule has 0 bridgehead atoms. The lowest BCUT2D eigenvalue weighted by atomic mass is 10.2. The van der Waals surface area contributed by atoms with E-state index in [4.69, 9.17) is 4.74 Å². The normalized spacial score (nSPS) is 12.4. The number of carbonyl (C=O) groups excluding carboxylic acids is 2. The van der Waals surface area contributed by atoms with Crippen molar-refractivity contribution in [2.24, 2.45) is 10.2 Å². The third-order valence-electron chi connectivity index (χ3n) is 3.71. The molecule has 158 valence electrons. The first-order valence-electron chi connectivity index (χ1n) is 8.15. The summed E-state index contributed by atoms with van der Waals surface area (Å²) in [5.41, 5.74) is -0.478. The minimum absolute atomic E-state index is 0.00706. The molecule has 0 aromatic heterocycles. The highest BCUT2D eigenvalue weighted by Gasteiger charge is 2.26. The second kappa shape index (κ2) is 9.19. The minimum Gasteiger partial charge on any atom is -0.494 e. The zero-order valence-corrected chi connectivity index (χ0v) is 16.5. The lowest BCUT2D eigenvalue weighted by Crippen LogP contribution is -2.32. The first-order valence-corrected chi connectivity index (χ1v) is 9.59. The molecule has 1 amide bonds. The van der Waals surface area contributed by atoms with Gasteiger partial charge in [0.15, 0.2) is 11.5 Å². The van der Waals surface area contributed by atoms with Crippen molar-refractivity contribution < 1.29 is 32.2 Å². The Bertz CT molecular complexity index is 1130. The number of Topliss-reactive ketones (excluding diaryl/α,β-unsaturated/α-hetero) is 1. The van der Waals surface area contributed by atoms with Crippen LogP contribution in [0, 0.1) is 10.1 Å². The van der Waals surface area contributed by atoms with Crippen LogP contribution in [-0.4, -0.2) is 42.7 Å². The largest absolute Gasteiger partial charge is 0.494 e. The van der Waals surface area contributed by atoms with Crippen LogP contribution in [-0.2, 0) is 19.7 Å². The van der Waals surface area contributed by atoms with Gasteiger partial charge < -0.3 is 10.1 Å². The lowest BCUT2D eigenvalue weighted by molar-refractivity contribution is -0.384. The molecule has 0 heterocycles. The fourth-order valence-corrected chi connectivity index (χ4v) is 2.94. The molecule has 0 saturated carbocycles. The van der Waals surface area contributed by atoms with Gasteiger partial charge in [-0.25, -0.2) is 0 Å². The molecule has 0 aliphatic carbocycles. The Balaban J connectivity index is 2.33. The maximum absolute atomic E-state index is 12.5. The molecule has 12 nitrogen and oxygen atoms in total. The third-order valence-corrected chi connectivity index (χ3v) is 4.62. The molecular weight excluding hydrogens is 420 g/mol. The Morgan fingerprint density at radius 3 is 2.47 bits per heavy atom. The van der Waals surface area contributed by atoms with Gasteiger partial charge >= 0.3 is 0 Å². The van der Waals surface area contributed by atoms with Crippen LogP contribution in [0.3, 0.4) is 0 Å². The van der Waals surface area contributed by atoms with Crippen LogP contribution in [0.25, 0.3) is 0 Å². The summed E-state index contributed by atoms with van der Waals surface area (Å²) in [6.45, 7) is 1.07. The summed E-state index contributed by atoms with van der Waals surface area (Å²) in [5, 5.41) is 20.5. The number of hydrogen-bond donors (Lipinski definition) is 2. The van der Waals surface area contributed by atoms with Crippen LogP contribution in [0.5, 0.6) is 5.75 Å². The van der Waals surface area contributed by atoms with E-state index < -0.39 is 37.7 Å². The Morgan fingerprint density at radius 1 is 1.23 bits per heavy atom. The fraction of sp³-hybridized carbons (Fsp3) is 0.176. The van der Waals surface area contributed by atoms with Crippen molar-refractivity contribution in [2.45, 2.75) is 17.9 Å². The Kier molecular flexibility index (Phi) is 6.92. The number of nitro groups is 1. The zero-order chi connectivity index (χ0) is 22.5. The summed E-state index contributed by atoms with van der Waals surface area (Å²) >= 11 is 0. The van der Waals surface area contributed by atoms with Crippen molar-refractivity contribution in [3.8, 4) is 5.75 Å². The van der Waals surface area contributed by atoms with Gasteiger partial charge in [0.1, 0.15) is 10.6 Å². The molecule has 1 atom stereocenters. The number of nitrogens with one attached hydrogen (secondary N) is 1. The highest BCUT2D eigenvalue weighted by Crippen LogP contribution is 2.32. The number of anilines is 1. The third kappa shape index (κ3) is 5.42. The van der Waals surface area contributed by atoms with E-state index in [0.717, 1.165) is 25.1 Å². The van der Waals surface area contributed by atoms with Crippen LogP contribution in [0.1, 0.15) is 6.92 Å². The number of hydrogen-bond acceptors (Lipinski definition) is 9. The van der Waals surface area contributed by atoms with Crippen molar-refractivity contribution >= 4 is 38.9 Å². The Morgan fingerprint density at radius 2 is 1.90 bits per heavy atom. The molecule has 2 N–H and O–H groups in total. The summed E-state index contributed by atoms with van der Waals surface area (Å²) in [6, 6.07) is 6.84. The molecular formula is C17H16N4O8S. The number of amides is 1. The van der Waals surface area contributed by atoms with Gasteiger partial charge in [-0.1, -0.05) is 12.1 Å². The molecule has 0 aliphatic rings. The number of ether oxygens (including phenoxy) is 1. The lowest BCUT2D eigenvalue weighted by Gasteiger charge is -2.12. The smallest absolute Gasteiger partial charge is 0.296 e. The topological polar surface area (TPSA) is 178 Å². The minimum atomic E-state index is -4.63. The predicted molar refractivity (Wildman–Crippen MR) is 104 cm³/mol. The standard InChI is InChI=1S/C17H16N4O8S/c1-10(22)16(17(23)18-13-5-3-4-6-15(13)30(26,27)28)20-19-12-8-7-11(21(24)25)9-14(12)29-2/h3-9,16H,1-2H3,(H,18,23)(H,26,27,28). The summed E-state index contributed by atoms with van der Waals surface area (Å²) in [5.74, 6) is -1.71. The van der Waals surface area contributed by atoms with Gasteiger partial charge in [-0.2, -0.15) is 18.6 Å². The molecule has 13 heteroatoms. The molecule has 0 aliphatic heterocycles. The molecule has 2 aromatic carbocycles. The molecule has 2 aromatic rings. The molecule has 0 saturated heterocycles. The number of azo groups is 1. The molecule has 1 unspecified atom stereocenters. The van der Waals surface area contributed by atoms with E-state index in [1.807, 2.05) is 0 Å². The monoisotopic (exact) mass is 436 g/mol. The van der Waals surface area contributed by atoms with Gasteiger partial charge in [0, 0.05) is 6.07 Å². The van der Waals surface area contributed by atoms with Crippen LogP contribution >= 0.6 is 0 Å². The highest BCUT2D eigenvalue weighted by molar-refractivity contribution is 7.86. The van der Waals surface area contributed by atoms with Crippen molar-refractivity contribution in [1.82, 2.24) is 0 Å². The summed E-state index contributed by atoms with van der Waals surface area (Å²) < 4.78 is 37.1. The summed E-state index contributed by atoms with van der Waals surface area (Å²) in [7, 11) is -3.38. The van der Waals surface area contributed by atoms with Gasteiger partial charge in [0.2, 0.25) is 6.04 Å². The van der Waals surface area contributed by atoms with E-state index in [-0.39, 0.29) is 22.8 Å². The number of nitrogens with zero attached hydrogens (tertiary/aromatic N) is 3. The first-order chi connectivity index (χ1) is 14.0. The van der Waals surface area contributed by atoms with Gasteiger partial charge in [-0.3, -0.25) is 24.3 Å². The van der Waals surface area contributed by atoms with Crippen LogP contribution in [0.15, 0.2) is 57.6 Å². The van der Waals surface area contributed by atoms with E-state index in [1.165, 1.54) is 31.4 Å². The number of methoxy groups -OCH3 is 1. The maximum atomic E-state index is 12.5. The highest BCUT2D eigenvalue weighted by atomic mass is 32.2. The van der Waals surface area contributed by atoms with Crippen molar-refractivity contribution in [2.75, 3.05) is 12.4 Å².